The van der Waals surface area contributed by atoms with E-state index in [4.69, 9.17) is 10.5 Å². The summed E-state index contributed by atoms with van der Waals surface area (Å²) in [5.74, 6) is -0.228. The molecule has 0 aromatic heterocycles. The fourth-order valence-electron chi connectivity index (χ4n) is 1.71. The molecule has 0 saturated carbocycles. The molecule has 1 unspecified atom stereocenters. The Balaban J connectivity index is 2.84. The molecule has 0 aliphatic rings. The molecule has 1 rings (SSSR count). The van der Waals surface area contributed by atoms with Crippen LogP contribution in [-0.2, 0) is 4.74 Å². The summed E-state index contributed by atoms with van der Waals surface area (Å²) in [7, 11) is 3.64. The summed E-state index contributed by atoms with van der Waals surface area (Å²) in [4.78, 5) is 2.07. The van der Waals surface area contributed by atoms with E-state index in [1.54, 1.807) is 19.2 Å². The number of hydrogen-bond donors (Lipinski definition) is 1. The minimum Gasteiger partial charge on any atom is -0.385 e. The van der Waals surface area contributed by atoms with E-state index in [0.717, 1.165) is 12.1 Å². The number of methoxy groups -OCH3 is 1. The van der Waals surface area contributed by atoms with Crippen LogP contribution in [0.15, 0.2) is 24.3 Å². The van der Waals surface area contributed by atoms with Gasteiger partial charge in [0.05, 0.1) is 5.54 Å². The summed E-state index contributed by atoms with van der Waals surface area (Å²) < 4.78 is 18.0. The standard InChI is InChI=1S/C13H21FN2O/c1-13(10-15,8-9-17-3)16(2)12-6-4-11(14)5-7-12/h4-7H,8-10,15H2,1-3H3. The second-order valence-electron chi connectivity index (χ2n) is 4.48. The predicted octanol–water partition coefficient (Wildman–Crippen LogP) is 2.02. The number of hydrogen-bond acceptors (Lipinski definition) is 3. The molecule has 1 aromatic carbocycles. The number of benzene rings is 1. The van der Waals surface area contributed by atoms with Crippen molar-refractivity contribution in [2.24, 2.45) is 5.73 Å². The molecule has 1 aromatic rings. The van der Waals surface area contributed by atoms with Crippen molar-refractivity contribution in [1.82, 2.24) is 0 Å². The van der Waals surface area contributed by atoms with Crippen molar-refractivity contribution in [3.8, 4) is 0 Å². The Morgan fingerprint density at radius 1 is 1.35 bits per heavy atom. The van der Waals surface area contributed by atoms with Crippen LogP contribution in [0, 0.1) is 5.82 Å². The van der Waals surface area contributed by atoms with Gasteiger partial charge in [-0.1, -0.05) is 0 Å². The summed E-state index contributed by atoms with van der Waals surface area (Å²) in [5.41, 5.74) is 6.61. The highest BCUT2D eigenvalue weighted by Crippen LogP contribution is 2.24. The normalized spacial score (nSPS) is 14.4. The zero-order valence-corrected chi connectivity index (χ0v) is 10.7. The van der Waals surface area contributed by atoms with Crippen molar-refractivity contribution < 1.29 is 9.13 Å². The Labute approximate surface area is 102 Å². The van der Waals surface area contributed by atoms with Crippen LogP contribution in [0.25, 0.3) is 0 Å². The molecule has 0 aliphatic carbocycles. The fourth-order valence-corrected chi connectivity index (χ4v) is 1.71. The lowest BCUT2D eigenvalue weighted by Gasteiger charge is -2.39. The van der Waals surface area contributed by atoms with Gasteiger partial charge in [0.15, 0.2) is 0 Å². The smallest absolute Gasteiger partial charge is 0.123 e. The third-order valence-corrected chi connectivity index (χ3v) is 3.31. The molecule has 0 bridgehead atoms. The van der Waals surface area contributed by atoms with Crippen LogP contribution in [0.4, 0.5) is 10.1 Å². The van der Waals surface area contributed by atoms with Crippen molar-refractivity contribution in [3.05, 3.63) is 30.1 Å². The van der Waals surface area contributed by atoms with Gasteiger partial charge in [-0.3, -0.25) is 0 Å². The third-order valence-electron chi connectivity index (χ3n) is 3.31. The maximum Gasteiger partial charge on any atom is 0.123 e. The average Bonchev–Trinajstić information content (AvgIpc) is 2.36. The summed E-state index contributed by atoms with van der Waals surface area (Å²) in [6.45, 7) is 3.25. The highest BCUT2D eigenvalue weighted by atomic mass is 19.1. The Bertz CT molecular complexity index is 342. The van der Waals surface area contributed by atoms with Crippen LogP contribution >= 0.6 is 0 Å². The van der Waals surface area contributed by atoms with Gasteiger partial charge in [-0.15, -0.1) is 0 Å². The van der Waals surface area contributed by atoms with Crippen LogP contribution in [-0.4, -0.2) is 32.8 Å². The van der Waals surface area contributed by atoms with Gasteiger partial charge < -0.3 is 15.4 Å². The minimum atomic E-state index is -0.228. The quantitative estimate of drug-likeness (QED) is 0.826. The van der Waals surface area contributed by atoms with Gasteiger partial charge in [0.2, 0.25) is 0 Å². The number of nitrogens with zero attached hydrogens (tertiary/aromatic N) is 1. The SMILES string of the molecule is COCCC(C)(CN)N(C)c1ccc(F)cc1. The average molecular weight is 240 g/mol. The number of ether oxygens (including phenoxy) is 1. The summed E-state index contributed by atoms with van der Waals surface area (Å²) in [6, 6.07) is 6.43. The first-order valence-corrected chi connectivity index (χ1v) is 5.72. The molecule has 2 N–H and O–H groups in total. The molecule has 0 heterocycles. The van der Waals surface area contributed by atoms with Crippen LogP contribution in [0.5, 0.6) is 0 Å². The van der Waals surface area contributed by atoms with E-state index in [0.29, 0.717) is 13.2 Å². The summed E-state index contributed by atoms with van der Waals surface area (Å²) in [5, 5.41) is 0. The number of nitrogens with two attached hydrogens (primary N) is 1. The molecule has 0 saturated heterocycles. The van der Waals surface area contributed by atoms with Crippen molar-refractivity contribution in [3.63, 3.8) is 0 Å². The zero-order valence-electron chi connectivity index (χ0n) is 10.7. The first-order valence-electron chi connectivity index (χ1n) is 5.72. The number of likely N-dealkylation sites (N-methyl/N-ethyl adjacent to an activating group) is 1. The Hall–Kier alpha value is -1.13. The van der Waals surface area contributed by atoms with Gasteiger partial charge in [-0.25, -0.2) is 4.39 Å². The summed E-state index contributed by atoms with van der Waals surface area (Å²) >= 11 is 0. The summed E-state index contributed by atoms with van der Waals surface area (Å²) in [6.07, 6.45) is 0.827. The predicted molar refractivity (Wildman–Crippen MR) is 68.8 cm³/mol. The maximum atomic E-state index is 12.9. The third kappa shape index (κ3) is 3.41. The topological polar surface area (TPSA) is 38.5 Å². The maximum absolute atomic E-state index is 12.9. The lowest BCUT2D eigenvalue weighted by molar-refractivity contribution is 0.172. The molecule has 96 valence electrons. The molecule has 3 nitrogen and oxygen atoms in total. The van der Waals surface area contributed by atoms with Crippen molar-refractivity contribution in [2.75, 3.05) is 32.2 Å². The highest BCUT2D eigenvalue weighted by molar-refractivity contribution is 5.48. The van der Waals surface area contributed by atoms with E-state index in [2.05, 4.69) is 11.8 Å². The van der Waals surface area contributed by atoms with E-state index < -0.39 is 0 Å². The monoisotopic (exact) mass is 240 g/mol. The first kappa shape index (κ1) is 13.9. The zero-order chi connectivity index (χ0) is 12.9. The fraction of sp³-hybridized carbons (Fsp3) is 0.538. The van der Waals surface area contributed by atoms with Crippen molar-refractivity contribution >= 4 is 5.69 Å². The van der Waals surface area contributed by atoms with Gasteiger partial charge in [-0.2, -0.15) is 0 Å². The second kappa shape index (κ2) is 5.98. The molecule has 0 aliphatic heterocycles. The second-order valence-corrected chi connectivity index (χ2v) is 4.48. The molecular weight excluding hydrogens is 219 g/mol. The Morgan fingerprint density at radius 2 is 1.94 bits per heavy atom. The first-order chi connectivity index (χ1) is 8.03. The molecule has 0 spiro atoms. The van der Waals surface area contributed by atoms with Gasteiger partial charge in [0, 0.05) is 33.0 Å². The van der Waals surface area contributed by atoms with Gasteiger partial charge >= 0.3 is 0 Å². The molecule has 0 amide bonds. The molecule has 4 heteroatoms. The van der Waals surface area contributed by atoms with Crippen molar-refractivity contribution in [1.29, 1.82) is 0 Å². The number of halogens is 1. The van der Waals surface area contributed by atoms with E-state index in [1.807, 2.05) is 7.05 Å². The van der Waals surface area contributed by atoms with Gasteiger partial charge in [0.1, 0.15) is 5.82 Å². The Kier molecular flexibility index (Phi) is 4.90. The van der Waals surface area contributed by atoms with Crippen LogP contribution in [0.1, 0.15) is 13.3 Å². The molecule has 17 heavy (non-hydrogen) atoms. The van der Waals surface area contributed by atoms with Crippen LogP contribution in [0.3, 0.4) is 0 Å². The molecule has 0 radical (unpaired) electrons. The molecular formula is C13H21FN2O. The van der Waals surface area contributed by atoms with Gasteiger partial charge in [0.25, 0.3) is 0 Å². The van der Waals surface area contributed by atoms with Crippen LogP contribution in [0.2, 0.25) is 0 Å². The van der Waals surface area contributed by atoms with E-state index in [1.165, 1.54) is 12.1 Å². The minimum absolute atomic E-state index is 0.187. The van der Waals surface area contributed by atoms with Gasteiger partial charge in [-0.05, 0) is 37.6 Å². The lowest BCUT2D eigenvalue weighted by atomic mass is 9.95. The Morgan fingerprint density at radius 3 is 2.41 bits per heavy atom. The molecule has 1 atom stereocenters. The lowest BCUT2D eigenvalue weighted by Crippen LogP contribution is -2.50. The number of anilines is 1. The van der Waals surface area contributed by atoms with Crippen molar-refractivity contribution in [2.45, 2.75) is 18.9 Å². The largest absolute Gasteiger partial charge is 0.385 e. The van der Waals surface area contributed by atoms with E-state index >= 15 is 0 Å². The van der Waals surface area contributed by atoms with E-state index in [-0.39, 0.29) is 11.4 Å². The number of rotatable bonds is 6. The van der Waals surface area contributed by atoms with E-state index in [9.17, 15) is 4.39 Å². The van der Waals surface area contributed by atoms with Crippen LogP contribution < -0.4 is 10.6 Å². The molecule has 0 fully saturated rings. The highest BCUT2D eigenvalue weighted by Gasteiger charge is 2.27.